The topological polar surface area (TPSA) is 112 Å². The van der Waals surface area contributed by atoms with Gasteiger partial charge in [-0.1, -0.05) is 12.2 Å². The van der Waals surface area contributed by atoms with Gasteiger partial charge in [0.1, 0.15) is 0 Å². The van der Waals surface area contributed by atoms with Crippen LogP contribution in [-0.2, 0) is 31.9 Å². The van der Waals surface area contributed by atoms with E-state index in [1.165, 1.54) is 26.4 Å². The molecule has 0 radical (unpaired) electrons. The van der Waals surface area contributed by atoms with Crippen molar-refractivity contribution in [2.45, 2.75) is 26.7 Å². The Balaban J connectivity index is 2.20. The zero-order valence-electron chi connectivity index (χ0n) is 20.9. The van der Waals surface area contributed by atoms with Crippen molar-refractivity contribution in [3.63, 3.8) is 0 Å². The lowest BCUT2D eigenvalue weighted by Gasteiger charge is -2.10. The van der Waals surface area contributed by atoms with Gasteiger partial charge in [-0.15, -0.1) is 0 Å². The summed E-state index contributed by atoms with van der Waals surface area (Å²) in [6.07, 6.45) is 10.3. The summed E-state index contributed by atoms with van der Waals surface area (Å²) >= 11 is 0. The number of benzene rings is 2. The van der Waals surface area contributed by atoms with Gasteiger partial charge in [-0.25, -0.2) is 9.59 Å². The second-order valence-corrected chi connectivity index (χ2v) is 7.51. The number of ether oxygens (including phenoxy) is 4. The number of hydrogen-bond donors (Lipinski definition) is 2. The van der Waals surface area contributed by atoms with Crippen LogP contribution < -0.4 is 9.47 Å². The Labute approximate surface area is 211 Å². The van der Waals surface area contributed by atoms with E-state index in [1.54, 1.807) is 50.3 Å². The lowest BCUT2D eigenvalue weighted by molar-refractivity contribution is -0.138. The van der Waals surface area contributed by atoms with Crippen LogP contribution in [0.2, 0.25) is 0 Å². The maximum absolute atomic E-state index is 11.6. The van der Waals surface area contributed by atoms with Gasteiger partial charge in [-0.2, -0.15) is 0 Å². The van der Waals surface area contributed by atoms with E-state index in [1.807, 2.05) is 12.2 Å². The number of methoxy groups -OCH3 is 2. The Morgan fingerprint density at radius 1 is 0.722 bits per heavy atom. The summed E-state index contributed by atoms with van der Waals surface area (Å²) < 4.78 is 20.3. The van der Waals surface area contributed by atoms with Crippen LogP contribution in [0.15, 0.2) is 48.6 Å². The average Bonchev–Trinajstić information content (AvgIpc) is 2.86. The molecule has 0 fully saturated rings. The van der Waals surface area contributed by atoms with Crippen LogP contribution in [0.1, 0.15) is 36.1 Å². The third-order valence-corrected chi connectivity index (χ3v) is 5.03. The van der Waals surface area contributed by atoms with Gasteiger partial charge in [0.05, 0.1) is 27.4 Å². The van der Waals surface area contributed by atoms with Gasteiger partial charge in [0.2, 0.25) is 0 Å². The minimum atomic E-state index is -0.458. The van der Waals surface area contributed by atoms with Crippen molar-refractivity contribution in [1.82, 2.24) is 0 Å². The van der Waals surface area contributed by atoms with Crippen LogP contribution in [0, 0.1) is 0 Å². The number of rotatable bonds is 12. The number of esters is 2. The fourth-order valence-corrected chi connectivity index (χ4v) is 3.32. The van der Waals surface area contributed by atoms with Gasteiger partial charge in [-0.3, -0.25) is 0 Å². The first-order chi connectivity index (χ1) is 17.3. The molecule has 0 heterocycles. The van der Waals surface area contributed by atoms with Crippen LogP contribution >= 0.6 is 0 Å². The number of hydrogen-bond acceptors (Lipinski definition) is 8. The van der Waals surface area contributed by atoms with E-state index < -0.39 is 11.9 Å². The Morgan fingerprint density at radius 3 is 1.44 bits per heavy atom. The molecule has 0 spiro atoms. The normalized spacial score (nSPS) is 11.3. The molecule has 0 bridgehead atoms. The van der Waals surface area contributed by atoms with Crippen molar-refractivity contribution in [3.8, 4) is 23.0 Å². The molecule has 0 aliphatic heterocycles. The molecule has 0 aliphatic rings. The van der Waals surface area contributed by atoms with E-state index in [-0.39, 0.29) is 36.2 Å². The maximum atomic E-state index is 11.6. The lowest BCUT2D eigenvalue weighted by atomic mass is 10.0. The Kier molecular flexibility index (Phi) is 11.1. The number of carbonyl (C=O) groups excluding carboxylic acids is 2. The molecule has 0 aliphatic carbocycles. The Hall–Kier alpha value is -4.20. The second kappa shape index (κ2) is 14.3. The fraction of sp³-hybridized carbons (Fsp3) is 0.286. The number of allylic oxidation sites excluding steroid dienone is 2. The molecule has 0 saturated carbocycles. The lowest BCUT2D eigenvalue weighted by Crippen LogP contribution is -1.99. The van der Waals surface area contributed by atoms with Gasteiger partial charge < -0.3 is 29.2 Å². The van der Waals surface area contributed by atoms with Gasteiger partial charge in [0.15, 0.2) is 23.0 Å². The number of phenolic OH excluding ortho intramolecular Hbond substituents is 2. The van der Waals surface area contributed by atoms with Crippen molar-refractivity contribution in [3.05, 3.63) is 70.8 Å². The molecule has 0 amide bonds. The molecule has 2 aromatic carbocycles. The molecule has 0 aromatic heterocycles. The molecule has 0 unspecified atom stereocenters. The molecular weight excluding hydrogens is 464 g/mol. The standard InChI is InChI=1S/C28H32O8/c1-5-35-25(29)13-11-19-15-21(27(31)23(17-19)33-3)9-7-8-10-22-16-20(12-14-26(30)36-6-2)18-24(34-4)28(22)32/h7-8,11-18,31-32H,5-6,9-10H2,1-4H3/b8-7+,13-11+,14-12+. The van der Waals surface area contributed by atoms with Crippen molar-refractivity contribution >= 4 is 24.1 Å². The van der Waals surface area contributed by atoms with Crippen molar-refractivity contribution in [2.75, 3.05) is 27.4 Å². The zero-order chi connectivity index (χ0) is 26.5. The molecular formula is C28H32O8. The molecule has 8 heteroatoms. The second-order valence-electron chi connectivity index (χ2n) is 7.51. The Morgan fingerprint density at radius 2 is 1.11 bits per heavy atom. The van der Waals surface area contributed by atoms with E-state index in [9.17, 15) is 19.8 Å². The third kappa shape index (κ3) is 8.23. The zero-order valence-corrected chi connectivity index (χ0v) is 20.9. The molecule has 8 nitrogen and oxygen atoms in total. The van der Waals surface area contributed by atoms with Crippen molar-refractivity contribution in [1.29, 1.82) is 0 Å². The molecule has 36 heavy (non-hydrogen) atoms. The summed E-state index contributed by atoms with van der Waals surface area (Å²) in [5.74, 6) is -0.334. The number of carbonyl (C=O) groups is 2. The maximum Gasteiger partial charge on any atom is 0.330 e. The quantitative estimate of drug-likeness (QED) is 0.249. The monoisotopic (exact) mass is 496 g/mol. The van der Waals surface area contributed by atoms with E-state index >= 15 is 0 Å². The summed E-state index contributed by atoms with van der Waals surface area (Å²) in [4.78, 5) is 23.2. The van der Waals surface area contributed by atoms with Crippen LogP contribution in [0.5, 0.6) is 23.0 Å². The molecule has 2 aromatic rings. The first-order valence-corrected chi connectivity index (χ1v) is 11.5. The van der Waals surface area contributed by atoms with Crippen molar-refractivity contribution < 1.29 is 38.7 Å². The highest BCUT2D eigenvalue weighted by molar-refractivity contribution is 5.87. The summed E-state index contributed by atoms with van der Waals surface area (Å²) in [6.45, 7) is 4.02. The predicted octanol–water partition coefficient (Wildman–Crippen LogP) is 4.61. The van der Waals surface area contributed by atoms with Gasteiger partial charge in [0, 0.05) is 23.3 Å². The number of aromatic hydroxyl groups is 2. The van der Waals surface area contributed by atoms with E-state index in [0.29, 0.717) is 35.1 Å². The van der Waals surface area contributed by atoms with Crippen LogP contribution in [-0.4, -0.2) is 49.6 Å². The van der Waals surface area contributed by atoms with Crippen molar-refractivity contribution in [2.24, 2.45) is 0 Å². The molecule has 192 valence electrons. The Bertz CT molecular complexity index is 1060. The van der Waals surface area contributed by atoms with Crippen LogP contribution in [0.4, 0.5) is 0 Å². The summed E-state index contributed by atoms with van der Waals surface area (Å²) in [5.41, 5.74) is 2.54. The largest absolute Gasteiger partial charge is 0.504 e. The number of phenols is 2. The van der Waals surface area contributed by atoms with Gasteiger partial charge >= 0.3 is 11.9 Å². The molecule has 2 N–H and O–H groups in total. The highest BCUT2D eigenvalue weighted by atomic mass is 16.5. The van der Waals surface area contributed by atoms with Gasteiger partial charge in [-0.05, 0) is 74.2 Å². The first kappa shape index (κ1) is 28.0. The molecule has 2 rings (SSSR count). The summed E-state index contributed by atoms with van der Waals surface area (Å²) in [6, 6.07) is 6.74. The van der Waals surface area contributed by atoms with E-state index in [0.717, 1.165) is 0 Å². The highest BCUT2D eigenvalue weighted by Crippen LogP contribution is 2.34. The highest BCUT2D eigenvalue weighted by Gasteiger charge is 2.11. The predicted molar refractivity (Wildman–Crippen MR) is 137 cm³/mol. The van der Waals surface area contributed by atoms with E-state index in [4.69, 9.17) is 18.9 Å². The van der Waals surface area contributed by atoms with Crippen LogP contribution in [0.25, 0.3) is 12.2 Å². The van der Waals surface area contributed by atoms with E-state index in [2.05, 4.69) is 0 Å². The molecule has 0 atom stereocenters. The smallest absolute Gasteiger partial charge is 0.330 e. The minimum absolute atomic E-state index is 0.00560. The van der Waals surface area contributed by atoms with Crippen LogP contribution in [0.3, 0.4) is 0 Å². The SMILES string of the molecule is CCOC(=O)/C=C/c1cc(C/C=C/Cc2cc(/C=C/C(=O)OCC)cc(OC)c2O)c(O)c(OC)c1. The first-order valence-electron chi connectivity index (χ1n) is 11.5. The third-order valence-electron chi connectivity index (χ3n) is 5.03. The van der Waals surface area contributed by atoms with Gasteiger partial charge in [0.25, 0.3) is 0 Å². The summed E-state index contributed by atoms with van der Waals surface area (Å²) in [5, 5.41) is 21.0. The minimum Gasteiger partial charge on any atom is -0.504 e. The fourth-order valence-electron chi connectivity index (χ4n) is 3.32. The molecule has 0 saturated heterocycles. The summed E-state index contributed by atoms with van der Waals surface area (Å²) in [7, 11) is 2.90. The average molecular weight is 497 g/mol.